The molecule has 7 nitrogen and oxygen atoms in total. The minimum absolute atomic E-state index is 0.127. The number of nitrogens with one attached hydrogen (secondary N) is 1. The average Bonchev–Trinajstić information content (AvgIpc) is 2.60. The number of carbonyl (C=O) groups is 1. The quantitative estimate of drug-likeness (QED) is 0.618. The van der Waals surface area contributed by atoms with Crippen LogP contribution in [-0.2, 0) is 11.3 Å². The monoisotopic (exact) mass is 338 g/mol. The van der Waals surface area contributed by atoms with Gasteiger partial charge in [0.2, 0.25) is 5.91 Å². The van der Waals surface area contributed by atoms with Gasteiger partial charge in [-0.05, 0) is 30.8 Å². The molecule has 128 valence electrons. The molecule has 2 aromatic carbocycles. The van der Waals surface area contributed by atoms with Gasteiger partial charge in [0.15, 0.2) is 0 Å². The van der Waals surface area contributed by atoms with Gasteiger partial charge in [-0.1, -0.05) is 24.3 Å². The molecule has 2 rings (SSSR count). The molecule has 2 aromatic rings. The van der Waals surface area contributed by atoms with Crippen molar-refractivity contribution in [2.24, 2.45) is 0 Å². The largest absolute Gasteiger partial charge is 0.320 e. The van der Waals surface area contributed by atoms with Crippen LogP contribution in [0.2, 0.25) is 0 Å². The lowest BCUT2D eigenvalue weighted by Crippen LogP contribution is -2.24. The number of amides is 1. The van der Waals surface area contributed by atoms with E-state index in [-0.39, 0.29) is 23.7 Å². The SMILES string of the molecule is CN(CCC(=O)Nc1ccccc1[N+](=O)[O-])Cc1cccc(C#N)c1. The van der Waals surface area contributed by atoms with Crippen molar-refractivity contribution in [1.82, 2.24) is 4.90 Å². The third-order valence-corrected chi connectivity index (χ3v) is 3.60. The molecule has 0 aliphatic rings. The number of hydrogen-bond acceptors (Lipinski definition) is 5. The van der Waals surface area contributed by atoms with Gasteiger partial charge in [0.25, 0.3) is 5.69 Å². The molecule has 0 heterocycles. The van der Waals surface area contributed by atoms with Crippen LogP contribution in [0.25, 0.3) is 0 Å². The first-order valence-corrected chi connectivity index (χ1v) is 7.70. The highest BCUT2D eigenvalue weighted by Gasteiger charge is 2.15. The van der Waals surface area contributed by atoms with Gasteiger partial charge in [-0.2, -0.15) is 5.26 Å². The molecule has 0 unspecified atom stereocenters. The van der Waals surface area contributed by atoms with Crippen molar-refractivity contribution in [3.05, 3.63) is 69.8 Å². The summed E-state index contributed by atoms with van der Waals surface area (Å²) in [5.74, 6) is -0.285. The normalized spacial score (nSPS) is 10.3. The van der Waals surface area contributed by atoms with E-state index in [1.165, 1.54) is 12.1 Å². The van der Waals surface area contributed by atoms with E-state index in [0.717, 1.165) is 5.56 Å². The Kier molecular flexibility index (Phi) is 6.20. The van der Waals surface area contributed by atoms with Crippen LogP contribution >= 0.6 is 0 Å². The van der Waals surface area contributed by atoms with E-state index in [2.05, 4.69) is 11.4 Å². The van der Waals surface area contributed by atoms with Gasteiger partial charge >= 0.3 is 0 Å². The fourth-order valence-electron chi connectivity index (χ4n) is 2.37. The van der Waals surface area contributed by atoms with Gasteiger partial charge in [0.05, 0.1) is 16.6 Å². The molecule has 0 spiro atoms. The van der Waals surface area contributed by atoms with Crippen LogP contribution in [0.1, 0.15) is 17.5 Å². The second-order valence-electron chi connectivity index (χ2n) is 5.62. The number of nitrogens with zero attached hydrogens (tertiary/aromatic N) is 3. The van der Waals surface area contributed by atoms with Gasteiger partial charge in [0.1, 0.15) is 5.69 Å². The minimum Gasteiger partial charge on any atom is -0.320 e. The molecule has 1 N–H and O–H groups in total. The zero-order chi connectivity index (χ0) is 18.2. The number of para-hydroxylation sites is 2. The summed E-state index contributed by atoms with van der Waals surface area (Å²) >= 11 is 0. The number of nitro benzene ring substituents is 1. The molecule has 0 saturated heterocycles. The van der Waals surface area contributed by atoms with Gasteiger partial charge in [-0.15, -0.1) is 0 Å². The number of nitriles is 1. The fraction of sp³-hybridized carbons (Fsp3) is 0.222. The van der Waals surface area contributed by atoms with Crippen LogP contribution < -0.4 is 5.32 Å². The Hall–Kier alpha value is -3.24. The Balaban J connectivity index is 1.87. The molecule has 0 aromatic heterocycles. The van der Waals surface area contributed by atoms with Crippen molar-refractivity contribution in [3.8, 4) is 6.07 Å². The highest BCUT2D eigenvalue weighted by Crippen LogP contribution is 2.23. The van der Waals surface area contributed by atoms with E-state index in [1.807, 2.05) is 30.1 Å². The maximum Gasteiger partial charge on any atom is 0.292 e. The van der Waals surface area contributed by atoms with Crippen LogP contribution in [0.4, 0.5) is 11.4 Å². The van der Waals surface area contributed by atoms with Crippen LogP contribution in [0.5, 0.6) is 0 Å². The molecule has 25 heavy (non-hydrogen) atoms. The van der Waals surface area contributed by atoms with Crippen molar-refractivity contribution in [1.29, 1.82) is 5.26 Å². The molecular formula is C18H18N4O3. The summed E-state index contributed by atoms with van der Waals surface area (Å²) in [6.07, 6.45) is 0.209. The summed E-state index contributed by atoms with van der Waals surface area (Å²) < 4.78 is 0. The van der Waals surface area contributed by atoms with Crippen LogP contribution in [0, 0.1) is 21.4 Å². The molecule has 0 aliphatic heterocycles. The molecule has 0 bridgehead atoms. The lowest BCUT2D eigenvalue weighted by Gasteiger charge is -2.16. The smallest absolute Gasteiger partial charge is 0.292 e. The second-order valence-corrected chi connectivity index (χ2v) is 5.62. The first-order chi connectivity index (χ1) is 12.0. The molecule has 7 heteroatoms. The first kappa shape index (κ1) is 18.1. The zero-order valence-electron chi connectivity index (χ0n) is 13.8. The van der Waals surface area contributed by atoms with E-state index >= 15 is 0 Å². The molecular weight excluding hydrogens is 320 g/mol. The van der Waals surface area contributed by atoms with E-state index in [0.29, 0.717) is 18.7 Å². The third kappa shape index (κ3) is 5.41. The van der Waals surface area contributed by atoms with Crippen molar-refractivity contribution < 1.29 is 9.72 Å². The summed E-state index contributed by atoms with van der Waals surface area (Å²) in [5, 5.41) is 22.4. The Bertz CT molecular complexity index is 814. The summed E-state index contributed by atoms with van der Waals surface area (Å²) in [6.45, 7) is 1.09. The van der Waals surface area contributed by atoms with Crippen molar-refractivity contribution in [3.63, 3.8) is 0 Å². The van der Waals surface area contributed by atoms with Crippen LogP contribution in [0.15, 0.2) is 48.5 Å². The number of benzene rings is 2. The number of anilines is 1. The maximum absolute atomic E-state index is 12.0. The standard InChI is InChI=1S/C18H18N4O3/c1-21(13-15-6-4-5-14(11-15)12-19)10-9-18(23)20-16-7-2-3-8-17(16)22(24)25/h2-8,11H,9-10,13H2,1H3,(H,20,23). The van der Waals surface area contributed by atoms with E-state index < -0.39 is 4.92 Å². The number of rotatable bonds is 7. The topological polar surface area (TPSA) is 99.3 Å². The van der Waals surface area contributed by atoms with Crippen LogP contribution in [-0.4, -0.2) is 29.3 Å². The Morgan fingerprint density at radius 1 is 1.28 bits per heavy atom. The van der Waals surface area contributed by atoms with E-state index in [4.69, 9.17) is 5.26 Å². The van der Waals surface area contributed by atoms with Crippen molar-refractivity contribution in [2.45, 2.75) is 13.0 Å². The molecule has 0 aliphatic carbocycles. The Morgan fingerprint density at radius 2 is 2.04 bits per heavy atom. The summed E-state index contributed by atoms with van der Waals surface area (Å²) in [7, 11) is 1.87. The predicted octanol–water partition coefficient (Wildman–Crippen LogP) is 2.93. The fourth-order valence-corrected chi connectivity index (χ4v) is 2.37. The summed E-state index contributed by atoms with van der Waals surface area (Å²) in [5.41, 5.74) is 1.65. The number of nitro groups is 1. The van der Waals surface area contributed by atoms with Crippen molar-refractivity contribution >= 4 is 17.3 Å². The van der Waals surface area contributed by atoms with E-state index in [9.17, 15) is 14.9 Å². The van der Waals surface area contributed by atoms with Gasteiger partial charge in [-0.25, -0.2) is 0 Å². The lowest BCUT2D eigenvalue weighted by atomic mass is 10.1. The molecule has 0 radical (unpaired) electrons. The Morgan fingerprint density at radius 3 is 2.76 bits per heavy atom. The average molecular weight is 338 g/mol. The number of carbonyl (C=O) groups excluding carboxylic acids is 1. The van der Waals surface area contributed by atoms with E-state index in [1.54, 1.807) is 18.2 Å². The first-order valence-electron chi connectivity index (χ1n) is 7.70. The predicted molar refractivity (Wildman–Crippen MR) is 93.8 cm³/mol. The van der Waals surface area contributed by atoms with Gasteiger partial charge in [-0.3, -0.25) is 14.9 Å². The molecule has 1 amide bonds. The molecule has 0 fully saturated rings. The highest BCUT2D eigenvalue weighted by atomic mass is 16.6. The summed E-state index contributed by atoms with van der Waals surface area (Å²) in [6, 6.07) is 15.4. The lowest BCUT2D eigenvalue weighted by molar-refractivity contribution is -0.383. The maximum atomic E-state index is 12.0. The molecule has 0 atom stereocenters. The second kappa shape index (κ2) is 8.57. The van der Waals surface area contributed by atoms with Crippen molar-refractivity contribution in [2.75, 3.05) is 18.9 Å². The Labute approximate surface area is 145 Å². The third-order valence-electron chi connectivity index (χ3n) is 3.60. The minimum atomic E-state index is -0.524. The number of hydrogen-bond donors (Lipinski definition) is 1. The van der Waals surface area contributed by atoms with Gasteiger partial charge in [0, 0.05) is 25.6 Å². The zero-order valence-corrected chi connectivity index (χ0v) is 13.8. The van der Waals surface area contributed by atoms with Gasteiger partial charge < -0.3 is 10.2 Å². The summed E-state index contributed by atoms with van der Waals surface area (Å²) in [4.78, 5) is 24.4. The molecule has 0 saturated carbocycles. The highest BCUT2D eigenvalue weighted by molar-refractivity contribution is 5.93. The van der Waals surface area contributed by atoms with Crippen LogP contribution in [0.3, 0.4) is 0 Å².